The molecular weight excluding hydrogens is 220 g/mol. The van der Waals surface area contributed by atoms with Crippen LogP contribution >= 0.6 is 0 Å². The van der Waals surface area contributed by atoms with Crippen LogP contribution in [0.25, 0.3) is 5.57 Å². The van der Waals surface area contributed by atoms with Crippen LogP contribution in [-0.2, 0) is 0 Å². The first-order valence-corrected chi connectivity index (χ1v) is 6.81. The van der Waals surface area contributed by atoms with E-state index in [0.29, 0.717) is 5.92 Å². The van der Waals surface area contributed by atoms with E-state index in [0.717, 1.165) is 17.2 Å². The minimum absolute atomic E-state index is 0.507. The predicted octanol–water partition coefficient (Wildman–Crippen LogP) is 4.09. The molecule has 1 aliphatic carbocycles. The summed E-state index contributed by atoms with van der Waals surface area (Å²) < 4.78 is 0. The Bertz CT molecular complexity index is 454. The van der Waals surface area contributed by atoms with Crippen molar-refractivity contribution in [3.63, 3.8) is 0 Å². The van der Waals surface area contributed by atoms with Crippen LogP contribution in [0.15, 0.2) is 29.4 Å². The molecule has 0 radical (unpaired) electrons. The quantitative estimate of drug-likeness (QED) is 0.730. The largest absolute Gasteiger partial charge is 0.296 e. The van der Waals surface area contributed by atoms with Crippen LogP contribution in [0, 0.1) is 5.92 Å². The fourth-order valence-corrected chi connectivity index (χ4v) is 2.29. The monoisotopic (exact) mass is 242 g/mol. The Labute approximate surface area is 110 Å². The van der Waals surface area contributed by atoms with E-state index in [4.69, 9.17) is 0 Å². The summed E-state index contributed by atoms with van der Waals surface area (Å²) in [5, 5.41) is 0. The van der Waals surface area contributed by atoms with Gasteiger partial charge in [-0.05, 0) is 42.4 Å². The summed E-state index contributed by atoms with van der Waals surface area (Å²) in [6, 6.07) is 4.39. The Balaban J connectivity index is 2.29. The van der Waals surface area contributed by atoms with Crippen molar-refractivity contribution in [3.8, 4) is 0 Å². The van der Waals surface area contributed by atoms with Gasteiger partial charge >= 0.3 is 0 Å². The molecule has 1 aromatic rings. The van der Waals surface area contributed by atoms with Crippen molar-refractivity contribution in [2.75, 3.05) is 7.05 Å². The van der Waals surface area contributed by atoms with Gasteiger partial charge in [-0.1, -0.05) is 26.3 Å². The third-order valence-corrected chi connectivity index (χ3v) is 3.44. The molecule has 1 aliphatic rings. The normalized spacial score (nSPS) is 17.4. The number of pyridine rings is 1. The molecule has 0 atom stereocenters. The molecule has 1 saturated carbocycles. The Morgan fingerprint density at radius 1 is 1.44 bits per heavy atom. The number of aromatic nitrogens is 1. The Hall–Kier alpha value is -1.44. The lowest BCUT2D eigenvalue weighted by atomic mass is 9.80. The average molecular weight is 242 g/mol. The number of aliphatic imine (C=N–C) groups is 1. The average Bonchev–Trinajstić information content (AvgIpc) is 2.26. The van der Waals surface area contributed by atoms with E-state index in [1.807, 2.05) is 19.5 Å². The van der Waals surface area contributed by atoms with Gasteiger partial charge in [0.1, 0.15) is 0 Å². The van der Waals surface area contributed by atoms with Crippen molar-refractivity contribution in [1.29, 1.82) is 0 Å². The summed E-state index contributed by atoms with van der Waals surface area (Å²) in [5.74, 6) is 1.26. The lowest BCUT2D eigenvalue weighted by molar-refractivity contribution is 0.419. The molecule has 0 N–H and O–H groups in total. The standard InChI is InChI=1S/C16H22N2/c1-12(2)9-15(11-17-3)16-10-14(7-8-18-16)13-5-4-6-13/h7-13H,4-6H2,1-3H3/b15-9+,17-11?. The maximum atomic E-state index is 4.49. The van der Waals surface area contributed by atoms with Crippen LogP contribution < -0.4 is 0 Å². The second-order valence-electron chi connectivity index (χ2n) is 5.36. The lowest BCUT2D eigenvalue weighted by Gasteiger charge is -2.26. The zero-order valence-electron chi connectivity index (χ0n) is 11.6. The number of hydrogen-bond acceptors (Lipinski definition) is 2. The van der Waals surface area contributed by atoms with E-state index in [1.54, 1.807) is 0 Å². The molecule has 0 saturated heterocycles. The number of rotatable bonds is 4. The number of nitrogens with zero attached hydrogens (tertiary/aromatic N) is 2. The van der Waals surface area contributed by atoms with Crippen molar-refractivity contribution in [2.24, 2.45) is 10.9 Å². The topological polar surface area (TPSA) is 25.2 Å². The van der Waals surface area contributed by atoms with E-state index in [1.165, 1.54) is 24.8 Å². The number of allylic oxidation sites excluding steroid dienone is 2. The van der Waals surface area contributed by atoms with Gasteiger partial charge in [-0.2, -0.15) is 0 Å². The molecule has 0 unspecified atom stereocenters. The zero-order valence-corrected chi connectivity index (χ0v) is 11.6. The molecule has 18 heavy (non-hydrogen) atoms. The first-order chi connectivity index (χ1) is 8.70. The minimum Gasteiger partial charge on any atom is -0.296 e. The second-order valence-corrected chi connectivity index (χ2v) is 5.36. The van der Waals surface area contributed by atoms with E-state index in [9.17, 15) is 0 Å². The van der Waals surface area contributed by atoms with E-state index < -0.39 is 0 Å². The first kappa shape index (κ1) is 13.0. The van der Waals surface area contributed by atoms with Gasteiger partial charge in [0.25, 0.3) is 0 Å². The highest BCUT2D eigenvalue weighted by Gasteiger charge is 2.19. The van der Waals surface area contributed by atoms with Gasteiger partial charge in [-0.25, -0.2) is 0 Å². The summed E-state index contributed by atoms with van der Waals surface area (Å²) in [6.45, 7) is 4.36. The highest BCUT2D eigenvalue weighted by atomic mass is 14.7. The lowest BCUT2D eigenvalue weighted by Crippen LogP contribution is -2.09. The molecular formula is C16H22N2. The van der Waals surface area contributed by atoms with Crippen LogP contribution in [0.2, 0.25) is 0 Å². The third-order valence-electron chi connectivity index (χ3n) is 3.44. The van der Waals surface area contributed by atoms with Gasteiger partial charge in [0.15, 0.2) is 0 Å². The molecule has 0 aliphatic heterocycles. The van der Waals surface area contributed by atoms with Crippen molar-refractivity contribution >= 4 is 11.8 Å². The predicted molar refractivity (Wildman–Crippen MR) is 78.1 cm³/mol. The fourth-order valence-electron chi connectivity index (χ4n) is 2.29. The molecule has 2 heteroatoms. The van der Waals surface area contributed by atoms with Gasteiger partial charge in [-0.3, -0.25) is 9.98 Å². The fraction of sp³-hybridized carbons (Fsp3) is 0.500. The van der Waals surface area contributed by atoms with E-state index in [-0.39, 0.29) is 0 Å². The molecule has 0 bridgehead atoms. The highest BCUT2D eigenvalue weighted by Crippen LogP contribution is 2.36. The van der Waals surface area contributed by atoms with Crippen molar-refractivity contribution in [3.05, 3.63) is 35.7 Å². The maximum absolute atomic E-state index is 4.49. The van der Waals surface area contributed by atoms with Crippen LogP contribution in [0.4, 0.5) is 0 Å². The van der Waals surface area contributed by atoms with Crippen molar-refractivity contribution < 1.29 is 0 Å². The highest BCUT2D eigenvalue weighted by molar-refractivity contribution is 6.09. The van der Waals surface area contributed by atoms with Crippen LogP contribution in [0.5, 0.6) is 0 Å². The Kier molecular flexibility index (Phi) is 4.29. The summed E-state index contributed by atoms with van der Waals surface area (Å²) in [7, 11) is 1.81. The van der Waals surface area contributed by atoms with Crippen molar-refractivity contribution in [1.82, 2.24) is 4.98 Å². The van der Waals surface area contributed by atoms with Crippen LogP contribution in [0.3, 0.4) is 0 Å². The minimum atomic E-state index is 0.507. The summed E-state index contributed by atoms with van der Waals surface area (Å²) in [4.78, 5) is 8.63. The molecule has 1 aromatic heterocycles. The van der Waals surface area contributed by atoms with Crippen molar-refractivity contribution in [2.45, 2.75) is 39.0 Å². The summed E-state index contributed by atoms with van der Waals surface area (Å²) in [6.07, 6.45) is 10.1. The van der Waals surface area contributed by atoms with E-state index >= 15 is 0 Å². The molecule has 0 aromatic carbocycles. The summed E-state index contributed by atoms with van der Waals surface area (Å²) >= 11 is 0. The van der Waals surface area contributed by atoms with Gasteiger partial charge in [-0.15, -0.1) is 0 Å². The zero-order chi connectivity index (χ0) is 13.0. The molecule has 1 heterocycles. The van der Waals surface area contributed by atoms with Crippen LogP contribution in [-0.4, -0.2) is 18.2 Å². The Morgan fingerprint density at radius 2 is 2.22 bits per heavy atom. The smallest absolute Gasteiger partial charge is 0.0716 e. The maximum Gasteiger partial charge on any atom is 0.0716 e. The first-order valence-electron chi connectivity index (χ1n) is 6.81. The van der Waals surface area contributed by atoms with Crippen LogP contribution in [0.1, 0.15) is 50.3 Å². The molecule has 0 amide bonds. The molecule has 1 fully saturated rings. The van der Waals surface area contributed by atoms with Gasteiger partial charge in [0, 0.05) is 25.0 Å². The third kappa shape index (κ3) is 3.06. The molecule has 96 valence electrons. The molecule has 2 rings (SSSR count). The summed E-state index contributed by atoms with van der Waals surface area (Å²) in [5.41, 5.74) is 3.62. The van der Waals surface area contributed by atoms with Gasteiger partial charge < -0.3 is 0 Å². The van der Waals surface area contributed by atoms with E-state index in [2.05, 4.69) is 42.0 Å². The Morgan fingerprint density at radius 3 is 2.78 bits per heavy atom. The molecule has 2 nitrogen and oxygen atoms in total. The SMILES string of the molecule is CN=C/C(=C\C(C)C)c1cc(C2CCC2)ccn1. The number of hydrogen-bond donors (Lipinski definition) is 0. The van der Waals surface area contributed by atoms with Gasteiger partial charge in [0.05, 0.1) is 5.69 Å². The van der Waals surface area contributed by atoms with Gasteiger partial charge in [0.2, 0.25) is 0 Å². The second kappa shape index (κ2) is 5.94. The molecule has 0 spiro atoms.